The van der Waals surface area contributed by atoms with Crippen LogP contribution in [0.3, 0.4) is 0 Å². The second kappa shape index (κ2) is 11.2. The Kier molecular flexibility index (Phi) is 7.86. The van der Waals surface area contributed by atoms with Gasteiger partial charge >= 0.3 is 0 Å². The van der Waals surface area contributed by atoms with Crippen LogP contribution in [0.5, 0.6) is 0 Å². The smallest absolute Gasteiger partial charge is 0.254 e. The van der Waals surface area contributed by atoms with Crippen molar-refractivity contribution in [3.63, 3.8) is 0 Å². The first kappa shape index (κ1) is 23.1. The predicted octanol–water partition coefficient (Wildman–Crippen LogP) is 4.74. The van der Waals surface area contributed by atoms with Crippen molar-refractivity contribution in [2.24, 2.45) is 0 Å². The largest absolute Gasteiger partial charge is 0.376 e. The Bertz CT molecular complexity index is 1040. The Hall–Kier alpha value is -3.03. The molecule has 172 valence electrons. The Morgan fingerprint density at radius 1 is 0.970 bits per heavy atom. The van der Waals surface area contributed by atoms with Gasteiger partial charge < -0.3 is 14.5 Å². The zero-order valence-corrected chi connectivity index (χ0v) is 19.2. The Balaban J connectivity index is 1.53. The maximum absolute atomic E-state index is 13.5. The fourth-order valence-corrected chi connectivity index (χ4v) is 4.63. The molecule has 2 heterocycles. The van der Waals surface area contributed by atoms with Crippen molar-refractivity contribution >= 4 is 23.2 Å². The molecule has 2 aromatic carbocycles. The maximum atomic E-state index is 13.5. The number of halogens is 1. The van der Waals surface area contributed by atoms with Gasteiger partial charge in [-0.15, -0.1) is 11.3 Å². The summed E-state index contributed by atoms with van der Waals surface area (Å²) in [5.41, 5.74) is 1.38. The summed E-state index contributed by atoms with van der Waals surface area (Å²) in [6.07, 6.45) is 1.77. The maximum Gasteiger partial charge on any atom is 0.254 e. The van der Waals surface area contributed by atoms with Gasteiger partial charge in [-0.05, 0) is 54.1 Å². The lowest BCUT2D eigenvalue weighted by atomic mass is 10.1. The number of benzene rings is 2. The van der Waals surface area contributed by atoms with Crippen LogP contribution >= 0.6 is 11.3 Å². The van der Waals surface area contributed by atoms with Crippen molar-refractivity contribution < 1.29 is 18.7 Å². The zero-order valence-electron chi connectivity index (χ0n) is 18.4. The van der Waals surface area contributed by atoms with Gasteiger partial charge in [-0.1, -0.05) is 36.4 Å². The highest BCUT2D eigenvalue weighted by Gasteiger charge is 2.27. The van der Waals surface area contributed by atoms with Crippen molar-refractivity contribution in [1.82, 2.24) is 9.80 Å². The van der Waals surface area contributed by atoms with Crippen LogP contribution in [0.4, 0.5) is 4.39 Å². The van der Waals surface area contributed by atoms with Crippen LogP contribution in [0.1, 0.15) is 33.6 Å². The minimum Gasteiger partial charge on any atom is -0.376 e. The number of thiophene rings is 1. The van der Waals surface area contributed by atoms with Gasteiger partial charge in [0.1, 0.15) is 12.4 Å². The highest BCUT2D eigenvalue weighted by atomic mass is 32.1. The van der Waals surface area contributed by atoms with E-state index in [2.05, 4.69) is 0 Å². The summed E-state index contributed by atoms with van der Waals surface area (Å²) in [6.45, 7) is 1.79. The first-order valence-corrected chi connectivity index (χ1v) is 12.0. The summed E-state index contributed by atoms with van der Waals surface area (Å²) in [7, 11) is 0. The van der Waals surface area contributed by atoms with Crippen LogP contribution in [-0.2, 0) is 22.6 Å². The predicted molar refractivity (Wildman–Crippen MR) is 126 cm³/mol. The van der Waals surface area contributed by atoms with Crippen LogP contribution < -0.4 is 0 Å². The number of hydrogen-bond acceptors (Lipinski definition) is 4. The molecule has 1 aromatic heterocycles. The molecule has 4 rings (SSSR count). The van der Waals surface area contributed by atoms with Gasteiger partial charge in [0.15, 0.2) is 0 Å². The number of carbonyl (C=O) groups excluding carboxylic acids is 2. The molecule has 1 atom stereocenters. The number of amides is 2. The topological polar surface area (TPSA) is 49.9 Å². The van der Waals surface area contributed by atoms with Gasteiger partial charge in [0.2, 0.25) is 5.91 Å². The van der Waals surface area contributed by atoms with Gasteiger partial charge in [-0.3, -0.25) is 9.59 Å². The van der Waals surface area contributed by atoms with E-state index in [1.165, 1.54) is 12.1 Å². The van der Waals surface area contributed by atoms with Gasteiger partial charge in [-0.2, -0.15) is 0 Å². The van der Waals surface area contributed by atoms with Gasteiger partial charge in [-0.25, -0.2) is 4.39 Å². The van der Waals surface area contributed by atoms with Gasteiger partial charge in [0.05, 0.1) is 12.6 Å². The molecule has 33 heavy (non-hydrogen) atoms. The minimum absolute atomic E-state index is 0.0415. The van der Waals surface area contributed by atoms with Crippen molar-refractivity contribution in [2.45, 2.75) is 32.0 Å². The fourth-order valence-electron chi connectivity index (χ4n) is 3.91. The van der Waals surface area contributed by atoms with E-state index in [-0.39, 0.29) is 30.3 Å². The van der Waals surface area contributed by atoms with E-state index in [1.54, 1.807) is 45.4 Å². The number of rotatable bonds is 9. The third kappa shape index (κ3) is 6.49. The van der Waals surface area contributed by atoms with Gasteiger partial charge in [0.25, 0.3) is 5.91 Å². The molecule has 5 nitrogen and oxygen atoms in total. The number of ether oxygens (including phenoxy) is 1. The van der Waals surface area contributed by atoms with E-state index < -0.39 is 0 Å². The molecule has 1 saturated heterocycles. The van der Waals surface area contributed by atoms with Crippen LogP contribution in [-0.4, -0.2) is 47.4 Å². The number of hydrogen-bond donors (Lipinski definition) is 0. The third-order valence-corrected chi connectivity index (χ3v) is 6.51. The molecule has 0 spiro atoms. The van der Waals surface area contributed by atoms with Crippen molar-refractivity contribution in [1.29, 1.82) is 0 Å². The van der Waals surface area contributed by atoms with E-state index in [1.807, 2.05) is 35.7 Å². The van der Waals surface area contributed by atoms with Crippen molar-refractivity contribution in [3.8, 4) is 0 Å². The van der Waals surface area contributed by atoms with E-state index in [9.17, 15) is 14.0 Å². The Morgan fingerprint density at radius 2 is 1.76 bits per heavy atom. The third-order valence-electron chi connectivity index (χ3n) is 5.65. The quantitative estimate of drug-likeness (QED) is 0.458. The molecule has 3 aromatic rings. The summed E-state index contributed by atoms with van der Waals surface area (Å²) in [6, 6.07) is 19.1. The standard InChI is InChI=1S/C26H27FN2O3S/c27-22-12-10-20(11-13-22)16-28(18-24-9-5-15-33-24)25(30)19-29(17-23-8-4-14-32-23)26(31)21-6-2-1-3-7-21/h1-3,5-7,9-13,15,23H,4,8,14,16-19H2. The zero-order chi connectivity index (χ0) is 23.0. The lowest BCUT2D eigenvalue weighted by molar-refractivity contribution is -0.133. The van der Waals surface area contributed by atoms with Crippen LogP contribution in [0, 0.1) is 5.82 Å². The SMILES string of the molecule is O=C(CN(CC1CCCO1)C(=O)c1ccccc1)N(Cc1ccc(F)cc1)Cc1cccs1. The lowest BCUT2D eigenvalue weighted by Gasteiger charge is -2.29. The van der Waals surface area contributed by atoms with Gasteiger partial charge in [0, 0.05) is 30.1 Å². The summed E-state index contributed by atoms with van der Waals surface area (Å²) >= 11 is 1.58. The molecular weight excluding hydrogens is 439 g/mol. The molecule has 0 saturated carbocycles. The van der Waals surface area contributed by atoms with Crippen molar-refractivity contribution in [2.75, 3.05) is 19.7 Å². The molecule has 0 N–H and O–H groups in total. The summed E-state index contributed by atoms with van der Waals surface area (Å²) < 4.78 is 19.1. The number of carbonyl (C=O) groups is 2. The second-order valence-corrected chi connectivity index (χ2v) is 9.17. The molecule has 1 unspecified atom stereocenters. The second-order valence-electron chi connectivity index (χ2n) is 8.14. The first-order chi connectivity index (χ1) is 16.1. The van der Waals surface area contributed by atoms with Crippen LogP contribution in [0.25, 0.3) is 0 Å². The fraction of sp³-hybridized carbons (Fsp3) is 0.308. The molecule has 0 aliphatic carbocycles. The normalized spacial score (nSPS) is 15.4. The van der Waals surface area contributed by atoms with Crippen molar-refractivity contribution in [3.05, 3.63) is 93.9 Å². The summed E-state index contributed by atoms with van der Waals surface area (Å²) in [4.78, 5) is 31.1. The first-order valence-electron chi connectivity index (χ1n) is 11.1. The summed E-state index contributed by atoms with van der Waals surface area (Å²) in [5.74, 6) is -0.654. The molecule has 7 heteroatoms. The highest BCUT2D eigenvalue weighted by Crippen LogP contribution is 2.18. The molecule has 0 radical (unpaired) electrons. The van der Waals surface area contributed by atoms with E-state index in [0.29, 0.717) is 31.8 Å². The lowest BCUT2D eigenvalue weighted by Crippen LogP contribution is -2.45. The average molecular weight is 467 g/mol. The molecule has 2 amide bonds. The molecule has 1 aliphatic rings. The highest BCUT2D eigenvalue weighted by molar-refractivity contribution is 7.09. The minimum atomic E-state index is -0.314. The van der Waals surface area contributed by atoms with E-state index >= 15 is 0 Å². The van der Waals surface area contributed by atoms with E-state index in [0.717, 1.165) is 23.3 Å². The summed E-state index contributed by atoms with van der Waals surface area (Å²) in [5, 5.41) is 1.97. The van der Waals surface area contributed by atoms with Crippen LogP contribution in [0.2, 0.25) is 0 Å². The monoisotopic (exact) mass is 466 g/mol. The van der Waals surface area contributed by atoms with Crippen LogP contribution in [0.15, 0.2) is 72.1 Å². The average Bonchev–Trinajstić information content (AvgIpc) is 3.54. The molecule has 1 aliphatic heterocycles. The molecular formula is C26H27FN2O3S. The molecule has 0 bridgehead atoms. The van der Waals surface area contributed by atoms with E-state index in [4.69, 9.17) is 4.74 Å². The Morgan fingerprint density at radius 3 is 2.42 bits per heavy atom. The molecule has 1 fully saturated rings. The number of nitrogens with zero attached hydrogens (tertiary/aromatic N) is 2. The Labute approximate surface area is 197 Å².